The molecule has 7 nitrogen and oxygen atoms in total. The summed E-state index contributed by atoms with van der Waals surface area (Å²) in [6, 6.07) is 21.9. The summed E-state index contributed by atoms with van der Waals surface area (Å²) < 4.78 is 16.8. The standard InChI is InChI=1S/C28H24FN5O2/c1-19(25-4-2-3-14-30-25)32-27-16-21(13-15-31-27)26-18-33(17-20-5-11-24(35)12-6-20)28(36)34(26)23-9-7-22(29)8-10-23/h2-16,18-19,35H,17H2,1H3,(H,31,32)/t19-/m0/s1. The van der Waals surface area contributed by atoms with E-state index in [1.807, 2.05) is 37.3 Å². The topological polar surface area (TPSA) is 85.0 Å². The minimum absolute atomic E-state index is 0.0765. The molecular formula is C28H24FN5O2. The highest BCUT2D eigenvalue weighted by atomic mass is 19.1. The molecule has 1 atom stereocenters. The van der Waals surface area contributed by atoms with E-state index in [1.54, 1.807) is 64.1 Å². The molecule has 8 heteroatoms. The molecule has 3 heterocycles. The van der Waals surface area contributed by atoms with Gasteiger partial charge < -0.3 is 10.4 Å². The van der Waals surface area contributed by atoms with Crippen molar-refractivity contribution in [2.45, 2.75) is 19.5 Å². The molecule has 0 spiro atoms. The normalized spacial score (nSPS) is 11.8. The van der Waals surface area contributed by atoms with Crippen LogP contribution in [0.15, 0.2) is 102 Å². The molecule has 5 aromatic rings. The van der Waals surface area contributed by atoms with Gasteiger partial charge in [0.2, 0.25) is 0 Å². The number of hydrogen-bond donors (Lipinski definition) is 2. The van der Waals surface area contributed by atoms with Crippen molar-refractivity contribution < 1.29 is 9.50 Å². The van der Waals surface area contributed by atoms with Crippen LogP contribution in [0.2, 0.25) is 0 Å². The van der Waals surface area contributed by atoms with Gasteiger partial charge in [-0.15, -0.1) is 0 Å². The number of phenols is 1. The van der Waals surface area contributed by atoms with Crippen molar-refractivity contribution in [3.63, 3.8) is 0 Å². The molecule has 0 aliphatic heterocycles. The second kappa shape index (κ2) is 9.87. The Morgan fingerprint density at radius 3 is 2.47 bits per heavy atom. The highest BCUT2D eigenvalue weighted by Gasteiger charge is 2.17. The lowest BCUT2D eigenvalue weighted by Crippen LogP contribution is -2.23. The third-order valence-electron chi connectivity index (χ3n) is 5.88. The molecule has 2 aromatic carbocycles. The van der Waals surface area contributed by atoms with Gasteiger partial charge in [0.25, 0.3) is 0 Å². The first-order valence-corrected chi connectivity index (χ1v) is 11.5. The van der Waals surface area contributed by atoms with E-state index >= 15 is 0 Å². The van der Waals surface area contributed by atoms with E-state index in [1.165, 1.54) is 12.1 Å². The third kappa shape index (κ3) is 4.88. The average Bonchev–Trinajstić information content (AvgIpc) is 3.22. The molecule has 36 heavy (non-hydrogen) atoms. The van der Waals surface area contributed by atoms with Crippen molar-refractivity contribution in [1.29, 1.82) is 0 Å². The van der Waals surface area contributed by atoms with E-state index in [0.29, 0.717) is 23.7 Å². The Kier molecular flexibility index (Phi) is 6.32. The summed E-state index contributed by atoms with van der Waals surface area (Å²) in [5.74, 6) is 0.415. The van der Waals surface area contributed by atoms with E-state index in [-0.39, 0.29) is 23.3 Å². The fourth-order valence-corrected chi connectivity index (χ4v) is 4.04. The number of anilines is 1. The molecule has 3 aromatic heterocycles. The van der Waals surface area contributed by atoms with E-state index in [0.717, 1.165) is 16.8 Å². The van der Waals surface area contributed by atoms with Crippen LogP contribution in [0.3, 0.4) is 0 Å². The monoisotopic (exact) mass is 481 g/mol. The van der Waals surface area contributed by atoms with E-state index < -0.39 is 0 Å². The second-order valence-corrected chi connectivity index (χ2v) is 8.45. The Bertz CT molecular complexity index is 1530. The number of nitrogens with zero attached hydrogens (tertiary/aromatic N) is 4. The Morgan fingerprint density at radius 2 is 1.75 bits per heavy atom. The van der Waals surface area contributed by atoms with Crippen LogP contribution in [0.5, 0.6) is 5.75 Å². The molecule has 0 saturated carbocycles. The van der Waals surface area contributed by atoms with Crippen molar-refractivity contribution >= 4 is 5.82 Å². The van der Waals surface area contributed by atoms with Gasteiger partial charge in [-0.2, -0.15) is 0 Å². The number of aromatic nitrogens is 4. The largest absolute Gasteiger partial charge is 0.508 e. The molecule has 0 aliphatic carbocycles. The summed E-state index contributed by atoms with van der Waals surface area (Å²) in [4.78, 5) is 22.3. The summed E-state index contributed by atoms with van der Waals surface area (Å²) in [6.45, 7) is 2.31. The van der Waals surface area contributed by atoms with Gasteiger partial charge in [-0.25, -0.2) is 14.2 Å². The molecule has 180 valence electrons. The second-order valence-electron chi connectivity index (χ2n) is 8.45. The number of pyridine rings is 2. The lowest BCUT2D eigenvalue weighted by atomic mass is 10.1. The molecule has 0 saturated heterocycles. The van der Waals surface area contributed by atoms with E-state index in [9.17, 15) is 14.3 Å². The van der Waals surface area contributed by atoms with Gasteiger partial charge in [0.15, 0.2) is 0 Å². The van der Waals surface area contributed by atoms with Crippen molar-refractivity contribution in [3.8, 4) is 22.7 Å². The van der Waals surface area contributed by atoms with Crippen LogP contribution in [0.25, 0.3) is 16.9 Å². The first kappa shape index (κ1) is 23.0. The minimum atomic E-state index is -0.379. The van der Waals surface area contributed by atoms with Gasteiger partial charge in [-0.1, -0.05) is 18.2 Å². The quantitative estimate of drug-likeness (QED) is 0.335. The van der Waals surface area contributed by atoms with Crippen molar-refractivity contribution in [2.75, 3.05) is 5.32 Å². The van der Waals surface area contributed by atoms with Crippen molar-refractivity contribution in [3.05, 3.63) is 125 Å². The smallest absolute Gasteiger partial charge is 0.333 e. The number of phenolic OH excluding ortho intramolecular Hbond substituents is 1. The van der Waals surface area contributed by atoms with Gasteiger partial charge in [-0.05, 0) is 73.2 Å². The molecular weight excluding hydrogens is 457 g/mol. The zero-order valence-electron chi connectivity index (χ0n) is 19.5. The van der Waals surface area contributed by atoms with E-state index in [4.69, 9.17) is 0 Å². The lowest BCUT2D eigenvalue weighted by molar-refractivity contribution is 0.475. The Balaban J connectivity index is 1.55. The Hall–Kier alpha value is -4.72. The van der Waals surface area contributed by atoms with Crippen LogP contribution in [0.1, 0.15) is 24.2 Å². The summed E-state index contributed by atoms with van der Waals surface area (Å²) >= 11 is 0. The van der Waals surface area contributed by atoms with Crippen LogP contribution in [0.4, 0.5) is 10.2 Å². The maximum Gasteiger partial charge on any atom is 0.333 e. The maximum atomic E-state index is 13.6. The number of aromatic hydroxyl groups is 1. The third-order valence-corrected chi connectivity index (χ3v) is 5.88. The van der Waals surface area contributed by atoms with Gasteiger partial charge in [0, 0.05) is 24.2 Å². The number of benzene rings is 2. The molecule has 0 radical (unpaired) electrons. The number of nitrogens with one attached hydrogen (secondary N) is 1. The summed E-state index contributed by atoms with van der Waals surface area (Å²) in [5.41, 5.74) is 3.44. The first-order valence-electron chi connectivity index (χ1n) is 11.5. The highest BCUT2D eigenvalue weighted by molar-refractivity contribution is 5.65. The zero-order chi connectivity index (χ0) is 25.1. The zero-order valence-corrected chi connectivity index (χ0v) is 19.5. The number of imidazole rings is 1. The van der Waals surface area contributed by atoms with Crippen LogP contribution >= 0.6 is 0 Å². The van der Waals surface area contributed by atoms with Crippen molar-refractivity contribution in [1.82, 2.24) is 19.1 Å². The van der Waals surface area contributed by atoms with Gasteiger partial charge in [0.05, 0.1) is 29.7 Å². The van der Waals surface area contributed by atoms with Crippen LogP contribution in [-0.2, 0) is 6.54 Å². The number of hydrogen-bond acceptors (Lipinski definition) is 5. The summed E-state index contributed by atoms with van der Waals surface area (Å²) in [6.07, 6.45) is 5.20. The molecule has 0 bridgehead atoms. The van der Waals surface area contributed by atoms with Gasteiger partial charge in [-0.3, -0.25) is 14.1 Å². The summed E-state index contributed by atoms with van der Waals surface area (Å²) in [5, 5.41) is 12.9. The summed E-state index contributed by atoms with van der Waals surface area (Å²) in [7, 11) is 0. The van der Waals surface area contributed by atoms with Crippen LogP contribution < -0.4 is 11.0 Å². The first-order chi connectivity index (χ1) is 17.5. The number of rotatable bonds is 7. The SMILES string of the molecule is C[C@H](Nc1cc(-c2cn(Cc3ccc(O)cc3)c(=O)n2-c2ccc(F)cc2)ccn1)c1ccccn1. The average molecular weight is 482 g/mol. The fraction of sp³-hybridized carbons (Fsp3) is 0.107. The molecule has 2 N–H and O–H groups in total. The number of halogens is 1. The van der Waals surface area contributed by atoms with Gasteiger partial charge >= 0.3 is 5.69 Å². The van der Waals surface area contributed by atoms with Crippen LogP contribution in [0, 0.1) is 5.82 Å². The predicted octanol–water partition coefficient (Wildman–Crippen LogP) is 5.16. The maximum absolute atomic E-state index is 13.6. The molecule has 0 aliphatic rings. The molecule has 0 fully saturated rings. The Morgan fingerprint density at radius 1 is 0.972 bits per heavy atom. The van der Waals surface area contributed by atoms with E-state index in [2.05, 4.69) is 15.3 Å². The molecule has 5 rings (SSSR count). The lowest BCUT2D eigenvalue weighted by Gasteiger charge is -2.15. The van der Waals surface area contributed by atoms with Gasteiger partial charge in [0.1, 0.15) is 17.4 Å². The highest BCUT2D eigenvalue weighted by Crippen LogP contribution is 2.26. The minimum Gasteiger partial charge on any atom is -0.508 e. The molecule has 0 unspecified atom stereocenters. The fourth-order valence-electron chi connectivity index (χ4n) is 4.04. The predicted molar refractivity (Wildman–Crippen MR) is 137 cm³/mol. The Labute approximate surface area is 207 Å². The molecule has 0 amide bonds. The van der Waals surface area contributed by atoms with Crippen LogP contribution in [-0.4, -0.2) is 24.2 Å². The van der Waals surface area contributed by atoms with Crippen molar-refractivity contribution in [2.24, 2.45) is 0 Å².